The Kier molecular flexibility index (Phi) is 7.13. The molecule has 3 heterocycles. The molecule has 4 rings (SSSR count). The van der Waals surface area contributed by atoms with Crippen LogP contribution in [0.4, 0.5) is 5.95 Å². The zero-order valence-corrected chi connectivity index (χ0v) is 19.2. The molecule has 2 fully saturated rings. The van der Waals surface area contributed by atoms with Crippen LogP contribution in [0.5, 0.6) is 0 Å². The lowest BCUT2D eigenvalue weighted by atomic mass is 10.0. The van der Waals surface area contributed by atoms with Gasteiger partial charge in [0, 0.05) is 45.3 Å². The van der Waals surface area contributed by atoms with Gasteiger partial charge in [-0.05, 0) is 50.9 Å². The van der Waals surface area contributed by atoms with Crippen LogP contribution in [0.15, 0.2) is 18.2 Å². The number of rotatable bonds is 8. The Morgan fingerprint density at radius 1 is 1.06 bits per heavy atom. The van der Waals surface area contributed by atoms with Crippen LogP contribution >= 0.6 is 0 Å². The highest BCUT2D eigenvalue weighted by molar-refractivity contribution is 6.04. The van der Waals surface area contributed by atoms with E-state index < -0.39 is 5.91 Å². The molecule has 7 heteroatoms. The van der Waals surface area contributed by atoms with E-state index in [1.54, 1.807) is 6.07 Å². The van der Waals surface area contributed by atoms with Crippen LogP contribution in [0, 0.1) is 0 Å². The van der Waals surface area contributed by atoms with Gasteiger partial charge in [-0.1, -0.05) is 26.3 Å². The lowest BCUT2D eigenvalue weighted by Gasteiger charge is -2.37. The fraction of sp³-hybridized carbons (Fsp3) is 0.667. The third-order valence-corrected chi connectivity index (χ3v) is 7.05. The molecule has 2 saturated heterocycles. The second kappa shape index (κ2) is 10.0. The average molecular weight is 427 g/mol. The Bertz CT molecular complexity index is 886. The molecule has 7 nitrogen and oxygen atoms in total. The number of likely N-dealkylation sites (tertiary alicyclic amines) is 1. The number of piperidine rings is 1. The highest BCUT2D eigenvalue weighted by Crippen LogP contribution is 2.27. The first-order chi connectivity index (χ1) is 15.1. The predicted molar refractivity (Wildman–Crippen MR) is 127 cm³/mol. The number of carbonyl (C=O) groups is 1. The molecule has 2 aliphatic rings. The monoisotopic (exact) mass is 426 g/mol. The number of hydrogen-bond donors (Lipinski definition) is 1. The number of imidazole rings is 1. The average Bonchev–Trinajstić information content (AvgIpc) is 3.17. The van der Waals surface area contributed by atoms with E-state index in [0.717, 1.165) is 62.8 Å². The molecule has 1 unspecified atom stereocenters. The summed E-state index contributed by atoms with van der Waals surface area (Å²) in [7, 11) is 0. The van der Waals surface area contributed by atoms with Crippen molar-refractivity contribution in [3.8, 4) is 0 Å². The summed E-state index contributed by atoms with van der Waals surface area (Å²) in [4.78, 5) is 24.6. The first-order valence-electron chi connectivity index (χ1n) is 12.1. The van der Waals surface area contributed by atoms with Gasteiger partial charge in [-0.25, -0.2) is 4.98 Å². The van der Waals surface area contributed by atoms with Crippen molar-refractivity contribution in [3.63, 3.8) is 0 Å². The smallest absolute Gasteiger partial charge is 0.250 e. The van der Waals surface area contributed by atoms with E-state index >= 15 is 0 Å². The molecule has 31 heavy (non-hydrogen) atoms. The Hall–Kier alpha value is -2.12. The highest BCUT2D eigenvalue weighted by Gasteiger charge is 2.25. The maximum Gasteiger partial charge on any atom is 0.250 e. The third kappa shape index (κ3) is 4.72. The summed E-state index contributed by atoms with van der Waals surface area (Å²) < 4.78 is 2.33. The first-order valence-corrected chi connectivity index (χ1v) is 12.1. The van der Waals surface area contributed by atoms with Crippen LogP contribution in [0.3, 0.4) is 0 Å². The van der Waals surface area contributed by atoms with Gasteiger partial charge in [-0.2, -0.15) is 0 Å². The van der Waals surface area contributed by atoms with E-state index in [1.165, 1.54) is 38.6 Å². The number of amides is 1. The molecule has 0 spiro atoms. The number of anilines is 1. The van der Waals surface area contributed by atoms with Crippen LogP contribution < -0.4 is 10.6 Å². The summed E-state index contributed by atoms with van der Waals surface area (Å²) >= 11 is 0. The van der Waals surface area contributed by atoms with Gasteiger partial charge in [-0.15, -0.1) is 0 Å². The number of piperazine rings is 1. The van der Waals surface area contributed by atoms with Gasteiger partial charge in [0.2, 0.25) is 5.95 Å². The van der Waals surface area contributed by atoms with E-state index in [0.29, 0.717) is 11.6 Å². The first kappa shape index (κ1) is 22.1. The summed E-state index contributed by atoms with van der Waals surface area (Å²) in [5.41, 5.74) is 7.96. The van der Waals surface area contributed by atoms with Crippen molar-refractivity contribution in [2.24, 2.45) is 5.73 Å². The van der Waals surface area contributed by atoms with Crippen LogP contribution in [0.25, 0.3) is 11.0 Å². The van der Waals surface area contributed by atoms with Crippen LogP contribution in [-0.2, 0) is 6.54 Å². The summed E-state index contributed by atoms with van der Waals surface area (Å²) in [5, 5.41) is 0. The van der Waals surface area contributed by atoms with Gasteiger partial charge in [0.25, 0.3) is 5.91 Å². The molecule has 1 atom stereocenters. The van der Waals surface area contributed by atoms with Gasteiger partial charge in [-0.3, -0.25) is 14.6 Å². The fourth-order valence-electron chi connectivity index (χ4n) is 5.33. The topological polar surface area (TPSA) is 70.6 Å². The van der Waals surface area contributed by atoms with Crippen LogP contribution in [0.2, 0.25) is 0 Å². The number of nitrogens with two attached hydrogens (primary N) is 1. The molecule has 1 aromatic heterocycles. The minimum atomic E-state index is -0.406. The molecule has 2 aliphatic heterocycles. The quantitative estimate of drug-likeness (QED) is 0.703. The molecule has 0 bridgehead atoms. The minimum Gasteiger partial charge on any atom is -0.366 e. The van der Waals surface area contributed by atoms with Gasteiger partial charge in [0.1, 0.15) is 5.52 Å². The second-order valence-corrected chi connectivity index (χ2v) is 9.02. The van der Waals surface area contributed by atoms with Crippen molar-refractivity contribution in [2.75, 3.05) is 50.7 Å². The number of fused-ring (bicyclic) bond motifs is 1. The molecule has 0 saturated carbocycles. The largest absolute Gasteiger partial charge is 0.366 e. The second-order valence-electron chi connectivity index (χ2n) is 9.02. The third-order valence-electron chi connectivity index (χ3n) is 7.05. The van der Waals surface area contributed by atoms with E-state index in [1.807, 2.05) is 6.07 Å². The summed E-state index contributed by atoms with van der Waals surface area (Å²) in [6.07, 6.45) is 6.34. The maximum atomic E-state index is 12.1. The molecule has 2 aromatic rings. The minimum absolute atomic E-state index is 0.406. The van der Waals surface area contributed by atoms with Crippen molar-refractivity contribution >= 4 is 22.9 Å². The van der Waals surface area contributed by atoms with E-state index in [2.05, 4.69) is 39.2 Å². The van der Waals surface area contributed by atoms with Crippen molar-refractivity contribution in [3.05, 3.63) is 23.8 Å². The Labute approximate surface area is 186 Å². The number of primary amides is 1. The van der Waals surface area contributed by atoms with Gasteiger partial charge in [0.15, 0.2) is 0 Å². The molecular formula is C24H38N6O. The number of benzene rings is 1. The molecule has 1 aromatic carbocycles. The molecule has 170 valence electrons. The summed E-state index contributed by atoms with van der Waals surface area (Å²) in [5.74, 6) is 0.585. The maximum absolute atomic E-state index is 12.1. The molecule has 0 radical (unpaired) electrons. The number of carbonyl (C=O) groups excluding carboxylic acids is 1. The van der Waals surface area contributed by atoms with E-state index in [-0.39, 0.29) is 0 Å². The molecule has 1 amide bonds. The van der Waals surface area contributed by atoms with Crippen molar-refractivity contribution in [1.29, 1.82) is 0 Å². The Morgan fingerprint density at radius 3 is 2.58 bits per heavy atom. The molecule has 0 aliphatic carbocycles. The predicted octanol–water partition coefficient (Wildman–Crippen LogP) is 2.93. The number of aromatic nitrogens is 2. The molecule has 2 N–H and O–H groups in total. The van der Waals surface area contributed by atoms with E-state index in [9.17, 15) is 4.79 Å². The molecular weight excluding hydrogens is 388 g/mol. The van der Waals surface area contributed by atoms with Crippen molar-refractivity contribution in [2.45, 2.75) is 58.5 Å². The van der Waals surface area contributed by atoms with E-state index in [4.69, 9.17) is 10.7 Å². The zero-order valence-electron chi connectivity index (χ0n) is 19.2. The van der Waals surface area contributed by atoms with Crippen molar-refractivity contribution < 1.29 is 4.79 Å². The standard InChI is InChI=1S/C24H38N6O/c1-3-11-27-13-15-29(16-14-27)24-26-22-20(23(25)31)9-7-10-21(22)30(24)18-17-28-12-6-5-8-19(28)4-2/h7,9-10,19H,3-6,8,11-18H2,1-2H3,(H2,25,31). The fourth-order valence-corrected chi connectivity index (χ4v) is 5.33. The highest BCUT2D eigenvalue weighted by atomic mass is 16.1. The Balaban J connectivity index is 1.62. The number of hydrogen-bond acceptors (Lipinski definition) is 5. The lowest BCUT2D eigenvalue weighted by Crippen LogP contribution is -2.47. The number of para-hydroxylation sites is 1. The van der Waals surface area contributed by atoms with Crippen molar-refractivity contribution in [1.82, 2.24) is 19.4 Å². The normalized spacial score (nSPS) is 21.1. The summed E-state index contributed by atoms with van der Waals surface area (Å²) in [6, 6.07) is 6.49. The van der Waals surface area contributed by atoms with Gasteiger partial charge in [0.05, 0.1) is 11.1 Å². The number of nitrogens with zero attached hydrogens (tertiary/aromatic N) is 5. The van der Waals surface area contributed by atoms with Crippen LogP contribution in [0.1, 0.15) is 56.3 Å². The zero-order chi connectivity index (χ0) is 21.8. The SMILES string of the molecule is CCCN1CCN(c2nc3c(C(N)=O)cccc3n2CCN2CCCCC2CC)CC1. The Morgan fingerprint density at radius 2 is 1.87 bits per heavy atom. The summed E-state index contributed by atoms with van der Waals surface area (Å²) in [6.45, 7) is 12.8. The van der Waals surface area contributed by atoms with Crippen LogP contribution in [-0.4, -0.2) is 77.1 Å². The van der Waals surface area contributed by atoms with Gasteiger partial charge < -0.3 is 15.2 Å². The lowest BCUT2D eigenvalue weighted by molar-refractivity contribution is 0.100. The van der Waals surface area contributed by atoms with Gasteiger partial charge >= 0.3 is 0 Å².